The molecule has 1 heteroatoms. The van der Waals surface area contributed by atoms with Gasteiger partial charge < -0.3 is 5.11 Å². The van der Waals surface area contributed by atoms with Gasteiger partial charge in [-0.25, -0.2) is 0 Å². The molecular weight excluding hydrogens is 208 g/mol. The summed E-state index contributed by atoms with van der Waals surface area (Å²) in [4.78, 5) is 0. The van der Waals surface area contributed by atoms with Gasteiger partial charge in [0.1, 0.15) is 5.75 Å². The van der Waals surface area contributed by atoms with Crippen LogP contribution in [0.25, 0.3) is 5.57 Å². The van der Waals surface area contributed by atoms with Gasteiger partial charge in [-0.05, 0) is 36.1 Å². The van der Waals surface area contributed by atoms with Crippen LogP contribution in [0.1, 0.15) is 18.1 Å². The van der Waals surface area contributed by atoms with Crippen molar-refractivity contribution in [2.45, 2.75) is 13.3 Å². The van der Waals surface area contributed by atoms with Crippen molar-refractivity contribution in [1.82, 2.24) is 0 Å². The minimum atomic E-state index is 0.365. The van der Waals surface area contributed by atoms with Gasteiger partial charge in [0, 0.05) is 0 Å². The minimum Gasteiger partial charge on any atom is -0.508 e. The maximum absolute atomic E-state index is 9.66. The van der Waals surface area contributed by atoms with Crippen LogP contribution in [0.5, 0.6) is 5.75 Å². The van der Waals surface area contributed by atoms with Crippen molar-refractivity contribution in [1.29, 1.82) is 0 Å². The van der Waals surface area contributed by atoms with Crippen LogP contribution in [0.15, 0.2) is 60.7 Å². The van der Waals surface area contributed by atoms with Gasteiger partial charge in [0.2, 0.25) is 0 Å². The highest BCUT2D eigenvalue weighted by Crippen LogP contribution is 2.19. The predicted octanol–water partition coefficient (Wildman–Crippen LogP) is 4.04. The topological polar surface area (TPSA) is 20.2 Å². The smallest absolute Gasteiger partial charge is 0.119 e. The summed E-state index contributed by atoms with van der Waals surface area (Å²) in [6.45, 7) is 2.09. The number of rotatable bonds is 3. The zero-order valence-electron chi connectivity index (χ0n) is 9.93. The van der Waals surface area contributed by atoms with Gasteiger partial charge in [0.15, 0.2) is 0 Å². The molecule has 0 saturated heterocycles. The van der Waals surface area contributed by atoms with E-state index < -0.39 is 0 Å². The molecule has 0 bridgehead atoms. The van der Waals surface area contributed by atoms with E-state index in [1.807, 2.05) is 36.4 Å². The molecule has 1 N–H and O–H groups in total. The number of para-hydroxylation sites is 1. The molecule has 17 heavy (non-hydrogen) atoms. The fourth-order valence-electron chi connectivity index (χ4n) is 1.77. The average molecular weight is 224 g/mol. The summed E-state index contributed by atoms with van der Waals surface area (Å²) in [7, 11) is 0. The van der Waals surface area contributed by atoms with E-state index in [1.54, 1.807) is 6.07 Å². The van der Waals surface area contributed by atoms with Crippen molar-refractivity contribution < 1.29 is 5.11 Å². The Morgan fingerprint density at radius 2 is 1.65 bits per heavy atom. The van der Waals surface area contributed by atoms with E-state index in [0.29, 0.717) is 5.75 Å². The number of hydrogen-bond donors (Lipinski definition) is 1. The van der Waals surface area contributed by atoms with E-state index in [0.717, 1.165) is 12.0 Å². The van der Waals surface area contributed by atoms with Gasteiger partial charge in [-0.2, -0.15) is 0 Å². The lowest BCUT2D eigenvalue weighted by Gasteiger charge is -2.03. The quantitative estimate of drug-likeness (QED) is 0.834. The molecule has 2 rings (SSSR count). The first kappa shape index (κ1) is 11.5. The summed E-state index contributed by atoms with van der Waals surface area (Å²) in [6.07, 6.45) is 2.90. The molecule has 0 fully saturated rings. The number of hydrogen-bond acceptors (Lipinski definition) is 1. The van der Waals surface area contributed by atoms with Gasteiger partial charge in [-0.3, -0.25) is 0 Å². The first-order chi connectivity index (χ1) is 8.27. The fraction of sp³-hybridized carbons (Fsp3) is 0.125. The molecule has 0 aliphatic rings. The number of aromatic hydroxyl groups is 1. The van der Waals surface area contributed by atoms with E-state index >= 15 is 0 Å². The maximum Gasteiger partial charge on any atom is 0.119 e. The summed E-state index contributed by atoms with van der Waals surface area (Å²) < 4.78 is 0. The maximum atomic E-state index is 9.66. The van der Waals surface area contributed by atoms with Crippen LogP contribution in [0, 0.1) is 0 Å². The molecule has 0 unspecified atom stereocenters. The van der Waals surface area contributed by atoms with Crippen LogP contribution in [-0.4, -0.2) is 5.11 Å². The molecule has 0 aliphatic carbocycles. The average Bonchev–Trinajstić information content (AvgIpc) is 2.38. The second-order valence-corrected chi connectivity index (χ2v) is 4.09. The van der Waals surface area contributed by atoms with Crippen LogP contribution in [0.2, 0.25) is 0 Å². The van der Waals surface area contributed by atoms with Crippen LogP contribution in [0.3, 0.4) is 0 Å². The van der Waals surface area contributed by atoms with Crippen molar-refractivity contribution >= 4 is 5.57 Å². The molecule has 2 aromatic rings. The lowest BCUT2D eigenvalue weighted by Crippen LogP contribution is -1.84. The third-order valence-electron chi connectivity index (χ3n) is 2.85. The van der Waals surface area contributed by atoms with Crippen LogP contribution in [0.4, 0.5) is 0 Å². The lowest BCUT2D eigenvalue weighted by atomic mass is 10.0. The summed E-state index contributed by atoms with van der Waals surface area (Å²) in [5, 5.41) is 9.66. The standard InChI is InChI=1S/C16H16O/c1-13(14-7-3-2-4-8-14)11-12-15-9-5-6-10-16(15)17/h2-11,17H,12H2,1H3/b13-11+. The van der Waals surface area contributed by atoms with Gasteiger partial charge >= 0.3 is 0 Å². The van der Waals surface area contributed by atoms with Crippen LogP contribution >= 0.6 is 0 Å². The molecular formula is C16H16O. The molecule has 0 aromatic heterocycles. The largest absolute Gasteiger partial charge is 0.508 e. The molecule has 86 valence electrons. The minimum absolute atomic E-state index is 0.365. The number of phenolic OH excluding ortho intramolecular Hbond substituents is 1. The second-order valence-electron chi connectivity index (χ2n) is 4.09. The molecule has 0 heterocycles. The molecule has 0 aliphatic heterocycles. The van der Waals surface area contributed by atoms with Gasteiger partial charge in [-0.1, -0.05) is 54.6 Å². The Bertz CT molecular complexity index is 512. The third kappa shape index (κ3) is 2.97. The molecule has 1 nitrogen and oxygen atoms in total. The zero-order chi connectivity index (χ0) is 12.1. The highest BCUT2D eigenvalue weighted by Gasteiger charge is 1.98. The van der Waals surface area contributed by atoms with Crippen molar-refractivity contribution in [2.24, 2.45) is 0 Å². The highest BCUT2D eigenvalue weighted by molar-refractivity contribution is 5.63. The van der Waals surface area contributed by atoms with E-state index in [9.17, 15) is 5.11 Å². The molecule has 0 spiro atoms. The lowest BCUT2D eigenvalue weighted by molar-refractivity contribution is 0.470. The molecule has 0 radical (unpaired) electrons. The molecule has 0 amide bonds. The van der Waals surface area contributed by atoms with E-state index in [1.165, 1.54) is 11.1 Å². The fourth-order valence-corrected chi connectivity index (χ4v) is 1.77. The predicted molar refractivity (Wildman–Crippen MR) is 71.9 cm³/mol. The summed E-state index contributed by atoms with van der Waals surface area (Å²) in [6, 6.07) is 17.7. The first-order valence-electron chi connectivity index (χ1n) is 5.76. The Morgan fingerprint density at radius 1 is 1.00 bits per heavy atom. The molecule has 0 saturated carbocycles. The number of phenols is 1. The summed E-state index contributed by atoms with van der Waals surface area (Å²) in [5.41, 5.74) is 3.42. The third-order valence-corrected chi connectivity index (χ3v) is 2.85. The zero-order valence-corrected chi connectivity index (χ0v) is 9.93. The van der Waals surface area contributed by atoms with Crippen LogP contribution in [-0.2, 0) is 6.42 Å². The van der Waals surface area contributed by atoms with Crippen molar-refractivity contribution in [3.63, 3.8) is 0 Å². The molecule has 2 aromatic carbocycles. The SMILES string of the molecule is C/C(=C\Cc1ccccc1O)c1ccccc1. The van der Waals surface area contributed by atoms with E-state index in [2.05, 4.69) is 25.1 Å². The second kappa shape index (κ2) is 5.35. The monoisotopic (exact) mass is 224 g/mol. The Kier molecular flexibility index (Phi) is 3.61. The highest BCUT2D eigenvalue weighted by atomic mass is 16.3. The first-order valence-corrected chi connectivity index (χ1v) is 5.76. The van der Waals surface area contributed by atoms with Gasteiger partial charge in [-0.15, -0.1) is 0 Å². The van der Waals surface area contributed by atoms with E-state index in [4.69, 9.17) is 0 Å². The van der Waals surface area contributed by atoms with E-state index in [-0.39, 0.29) is 0 Å². The normalized spacial score (nSPS) is 11.5. The summed E-state index contributed by atoms with van der Waals surface area (Å²) >= 11 is 0. The Labute approximate surface area is 102 Å². The summed E-state index contributed by atoms with van der Waals surface area (Å²) in [5.74, 6) is 0.365. The van der Waals surface area contributed by atoms with Crippen molar-refractivity contribution in [3.05, 3.63) is 71.8 Å². The Hall–Kier alpha value is -2.02. The van der Waals surface area contributed by atoms with Crippen molar-refractivity contribution in [3.8, 4) is 5.75 Å². The van der Waals surface area contributed by atoms with Crippen molar-refractivity contribution in [2.75, 3.05) is 0 Å². The molecule has 0 atom stereocenters. The van der Waals surface area contributed by atoms with Crippen LogP contribution < -0.4 is 0 Å². The Morgan fingerprint density at radius 3 is 2.35 bits per heavy atom. The Balaban J connectivity index is 2.14. The number of benzene rings is 2. The van der Waals surface area contributed by atoms with Gasteiger partial charge in [0.25, 0.3) is 0 Å². The van der Waals surface area contributed by atoms with Gasteiger partial charge in [0.05, 0.1) is 0 Å². The number of allylic oxidation sites excluding steroid dienone is 2.